The molecule has 1 rings (SSSR count). The number of anilines is 1. The standard InChI is InChI=1S/C8H7F3N2O3S/c9-8(10,11)17(15,16)13-7(14)5-1-3-6(12)4-2-5/h1-4H,12H2,(H,13,14). The van der Waals surface area contributed by atoms with Crippen molar-refractivity contribution in [3.63, 3.8) is 0 Å². The zero-order valence-corrected chi connectivity index (χ0v) is 8.97. The molecule has 0 radical (unpaired) electrons. The Kier molecular flexibility index (Phi) is 3.32. The van der Waals surface area contributed by atoms with E-state index in [1.165, 1.54) is 12.1 Å². The summed E-state index contributed by atoms with van der Waals surface area (Å²) in [5.41, 5.74) is -0.190. The summed E-state index contributed by atoms with van der Waals surface area (Å²) in [6.45, 7) is 0. The Hall–Kier alpha value is -1.77. The molecule has 17 heavy (non-hydrogen) atoms. The van der Waals surface area contributed by atoms with Crippen LogP contribution in [-0.2, 0) is 10.0 Å². The van der Waals surface area contributed by atoms with Crippen LogP contribution in [0.2, 0.25) is 0 Å². The molecule has 1 aromatic carbocycles. The number of amides is 1. The lowest BCUT2D eigenvalue weighted by Gasteiger charge is -2.09. The molecule has 0 aliphatic heterocycles. The van der Waals surface area contributed by atoms with Gasteiger partial charge in [-0.15, -0.1) is 0 Å². The van der Waals surface area contributed by atoms with E-state index in [1.54, 1.807) is 0 Å². The first-order chi connectivity index (χ1) is 7.63. The number of carbonyl (C=O) groups is 1. The zero-order chi connectivity index (χ0) is 13.3. The Morgan fingerprint density at radius 3 is 2.06 bits per heavy atom. The molecule has 0 saturated heterocycles. The third-order valence-electron chi connectivity index (χ3n) is 1.70. The number of alkyl halides is 3. The van der Waals surface area contributed by atoms with E-state index in [-0.39, 0.29) is 5.56 Å². The van der Waals surface area contributed by atoms with E-state index in [0.29, 0.717) is 5.69 Å². The molecule has 1 aromatic rings. The predicted octanol–water partition coefficient (Wildman–Crippen LogP) is 0.848. The Labute approximate surface area is 94.5 Å². The molecule has 0 unspecified atom stereocenters. The van der Waals surface area contributed by atoms with Gasteiger partial charge in [-0.2, -0.15) is 21.6 Å². The molecule has 0 bridgehead atoms. The molecule has 0 atom stereocenters. The van der Waals surface area contributed by atoms with Crippen LogP contribution in [0.1, 0.15) is 10.4 Å². The van der Waals surface area contributed by atoms with E-state index in [2.05, 4.69) is 0 Å². The molecule has 0 heterocycles. The van der Waals surface area contributed by atoms with Gasteiger partial charge in [0.15, 0.2) is 0 Å². The van der Waals surface area contributed by atoms with Gasteiger partial charge in [0.25, 0.3) is 5.91 Å². The minimum Gasteiger partial charge on any atom is -0.399 e. The van der Waals surface area contributed by atoms with Crippen LogP contribution in [-0.4, -0.2) is 19.8 Å². The monoisotopic (exact) mass is 268 g/mol. The van der Waals surface area contributed by atoms with Crippen LogP contribution in [0.25, 0.3) is 0 Å². The lowest BCUT2D eigenvalue weighted by Crippen LogP contribution is -2.40. The number of sulfonamides is 1. The van der Waals surface area contributed by atoms with Gasteiger partial charge in [-0.1, -0.05) is 0 Å². The Balaban J connectivity index is 2.91. The van der Waals surface area contributed by atoms with Crippen molar-refractivity contribution in [1.82, 2.24) is 4.72 Å². The van der Waals surface area contributed by atoms with Crippen molar-refractivity contribution in [2.45, 2.75) is 5.51 Å². The highest BCUT2D eigenvalue weighted by molar-refractivity contribution is 7.90. The molecule has 1 amide bonds. The van der Waals surface area contributed by atoms with Gasteiger partial charge in [0, 0.05) is 11.3 Å². The maximum atomic E-state index is 12.0. The number of halogens is 3. The molecule has 3 N–H and O–H groups in total. The van der Waals surface area contributed by atoms with E-state index in [4.69, 9.17) is 5.73 Å². The van der Waals surface area contributed by atoms with Crippen LogP contribution in [0.3, 0.4) is 0 Å². The molecule has 0 spiro atoms. The second-order valence-electron chi connectivity index (χ2n) is 3.00. The number of nitrogens with one attached hydrogen (secondary N) is 1. The van der Waals surface area contributed by atoms with Crippen molar-refractivity contribution >= 4 is 21.6 Å². The van der Waals surface area contributed by atoms with Gasteiger partial charge >= 0.3 is 15.5 Å². The number of carbonyl (C=O) groups excluding carboxylic acids is 1. The SMILES string of the molecule is Nc1ccc(C(=O)NS(=O)(=O)C(F)(F)F)cc1. The lowest BCUT2D eigenvalue weighted by molar-refractivity contribution is -0.0446. The molecule has 94 valence electrons. The summed E-state index contributed by atoms with van der Waals surface area (Å²) in [5, 5.41) is 0. The smallest absolute Gasteiger partial charge is 0.399 e. The predicted molar refractivity (Wildman–Crippen MR) is 53.3 cm³/mol. The summed E-state index contributed by atoms with van der Waals surface area (Å²) in [6.07, 6.45) is 0. The van der Waals surface area contributed by atoms with Gasteiger partial charge in [-0.3, -0.25) is 4.79 Å². The van der Waals surface area contributed by atoms with Gasteiger partial charge in [-0.05, 0) is 24.3 Å². The largest absolute Gasteiger partial charge is 0.516 e. The maximum Gasteiger partial charge on any atom is 0.516 e. The van der Waals surface area contributed by atoms with Crippen molar-refractivity contribution in [3.8, 4) is 0 Å². The summed E-state index contributed by atoms with van der Waals surface area (Å²) in [4.78, 5) is 11.2. The fraction of sp³-hybridized carbons (Fsp3) is 0.125. The molecular formula is C8H7F3N2O3S. The van der Waals surface area contributed by atoms with Crippen molar-refractivity contribution in [2.75, 3.05) is 5.73 Å². The summed E-state index contributed by atoms with van der Waals surface area (Å²) < 4.78 is 58.0. The summed E-state index contributed by atoms with van der Waals surface area (Å²) >= 11 is 0. The minimum absolute atomic E-state index is 0.243. The number of rotatable bonds is 2. The second-order valence-corrected chi connectivity index (χ2v) is 4.68. The highest BCUT2D eigenvalue weighted by Crippen LogP contribution is 2.21. The van der Waals surface area contributed by atoms with E-state index in [1.807, 2.05) is 0 Å². The average Bonchev–Trinajstić information content (AvgIpc) is 2.16. The maximum absolute atomic E-state index is 12.0. The zero-order valence-electron chi connectivity index (χ0n) is 8.15. The van der Waals surface area contributed by atoms with Crippen LogP contribution in [0, 0.1) is 0 Å². The van der Waals surface area contributed by atoms with E-state index >= 15 is 0 Å². The van der Waals surface area contributed by atoms with Gasteiger partial charge in [-0.25, -0.2) is 4.72 Å². The average molecular weight is 268 g/mol. The minimum atomic E-state index is -5.69. The number of nitrogens with two attached hydrogens (primary N) is 1. The molecule has 0 fully saturated rings. The molecule has 0 aromatic heterocycles. The number of hydrogen-bond donors (Lipinski definition) is 2. The van der Waals surface area contributed by atoms with E-state index in [0.717, 1.165) is 16.9 Å². The molecule has 9 heteroatoms. The highest BCUT2D eigenvalue weighted by Gasteiger charge is 2.47. The third kappa shape index (κ3) is 3.09. The first-order valence-corrected chi connectivity index (χ1v) is 5.61. The molecule has 0 saturated carbocycles. The fourth-order valence-corrected chi connectivity index (χ4v) is 1.35. The summed E-state index contributed by atoms with van der Waals surface area (Å²) in [7, 11) is -5.69. The van der Waals surface area contributed by atoms with Crippen LogP contribution in [0.5, 0.6) is 0 Å². The van der Waals surface area contributed by atoms with Gasteiger partial charge in [0.2, 0.25) is 0 Å². The second kappa shape index (κ2) is 4.24. The molecular weight excluding hydrogens is 261 g/mol. The lowest BCUT2D eigenvalue weighted by atomic mass is 10.2. The van der Waals surface area contributed by atoms with Crippen LogP contribution < -0.4 is 10.5 Å². The third-order valence-corrected chi connectivity index (χ3v) is 2.77. The number of nitrogen functional groups attached to an aromatic ring is 1. The molecule has 0 aliphatic rings. The summed E-state index contributed by atoms with van der Waals surface area (Å²) in [5.74, 6) is -1.37. The Morgan fingerprint density at radius 2 is 1.65 bits per heavy atom. The first-order valence-electron chi connectivity index (χ1n) is 4.12. The van der Waals surface area contributed by atoms with Crippen molar-refractivity contribution in [3.05, 3.63) is 29.8 Å². The normalized spacial score (nSPS) is 12.2. The van der Waals surface area contributed by atoms with Crippen molar-refractivity contribution < 1.29 is 26.4 Å². The van der Waals surface area contributed by atoms with E-state index in [9.17, 15) is 26.4 Å². The fourth-order valence-electron chi connectivity index (χ4n) is 0.873. The molecule has 5 nitrogen and oxygen atoms in total. The van der Waals surface area contributed by atoms with Crippen LogP contribution >= 0.6 is 0 Å². The van der Waals surface area contributed by atoms with Crippen molar-refractivity contribution in [1.29, 1.82) is 0 Å². The van der Waals surface area contributed by atoms with Crippen molar-refractivity contribution in [2.24, 2.45) is 0 Å². The van der Waals surface area contributed by atoms with Crippen LogP contribution in [0.15, 0.2) is 24.3 Å². The number of hydrogen-bond acceptors (Lipinski definition) is 4. The topological polar surface area (TPSA) is 89.3 Å². The molecule has 0 aliphatic carbocycles. The van der Waals surface area contributed by atoms with Gasteiger partial charge < -0.3 is 5.73 Å². The van der Waals surface area contributed by atoms with E-state index < -0.39 is 21.4 Å². The van der Waals surface area contributed by atoms with Gasteiger partial charge in [0.05, 0.1) is 0 Å². The summed E-state index contributed by atoms with van der Waals surface area (Å²) in [6, 6.07) is 4.73. The number of benzene rings is 1. The highest BCUT2D eigenvalue weighted by atomic mass is 32.2. The van der Waals surface area contributed by atoms with Crippen LogP contribution in [0.4, 0.5) is 18.9 Å². The first kappa shape index (κ1) is 13.3. The Bertz CT molecular complexity index is 522. The quantitative estimate of drug-likeness (QED) is 0.778. The van der Waals surface area contributed by atoms with Gasteiger partial charge in [0.1, 0.15) is 0 Å². The Morgan fingerprint density at radius 1 is 1.18 bits per heavy atom.